The lowest BCUT2D eigenvalue weighted by Crippen LogP contribution is -2.06. The molecule has 2 heteroatoms. The van der Waals surface area contributed by atoms with Gasteiger partial charge in [0.2, 0.25) is 0 Å². The van der Waals surface area contributed by atoms with Crippen molar-refractivity contribution in [3.63, 3.8) is 0 Å². The Balaban J connectivity index is 2.12. The Labute approximate surface area is 51.8 Å². The minimum Gasteiger partial charge on any atom is -0.0352 e. The summed E-state index contributed by atoms with van der Waals surface area (Å²) in [4.78, 5) is 0. The van der Waals surface area contributed by atoms with Crippen LogP contribution in [0.2, 0.25) is 0 Å². The highest BCUT2D eigenvalue weighted by atomic mass is 33.1. The van der Waals surface area contributed by atoms with E-state index in [0.717, 1.165) is 9.93 Å². The highest BCUT2D eigenvalue weighted by Gasteiger charge is 2.16. The van der Waals surface area contributed by atoms with Gasteiger partial charge >= 0.3 is 0 Å². The molecule has 1 aliphatic rings. The monoisotopic (exact) mass is 135 g/mol. The predicted molar refractivity (Wildman–Crippen MR) is 39.8 cm³/mol. The molecule has 1 unspecified atom stereocenters. The molecule has 1 rings (SSSR count). The zero-order valence-electron chi connectivity index (χ0n) is 4.64. The third-order valence-electron chi connectivity index (χ3n) is 1.11. The molecular formula is C5H11S2+. The molecule has 42 valence electrons. The van der Waals surface area contributed by atoms with Crippen LogP contribution in [-0.2, 0) is 9.93 Å². The molecule has 1 atom stereocenters. The lowest BCUT2D eigenvalue weighted by atomic mass is 10.4. The second-order valence-electron chi connectivity index (χ2n) is 1.81. The molecular weight excluding hydrogens is 124 g/mol. The van der Waals surface area contributed by atoms with Crippen LogP contribution in [0.25, 0.3) is 0 Å². The summed E-state index contributed by atoms with van der Waals surface area (Å²) in [5.74, 6) is 2.89. The van der Waals surface area contributed by atoms with Gasteiger partial charge in [0.05, 0.1) is 20.7 Å². The Kier molecular flexibility index (Phi) is 2.40. The van der Waals surface area contributed by atoms with Gasteiger partial charge in [-0.2, -0.15) is 0 Å². The molecule has 1 aliphatic heterocycles. The summed E-state index contributed by atoms with van der Waals surface area (Å²) in [5, 5.41) is 0. The van der Waals surface area contributed by atoms with Crippen LogP contribution in [0, 0.1) is 0 Å². The van der Waals surface area contributed by atoms with E-state index in [1.165, 1.54) is 24.3 Å². The molecule has 0 saturated carbocycles. The first-order valence-corrected chi connectivity index (χ1v) is 5.96. The molecule has 1 fully saturated rings. The molecule has 0 aromatic carbocycles. The lowest BCUT2D eigenvalue weighted by Gasteiger charge is -2.05. The van der Waals surface area contributed by atoms with Gasteiger partial charge in [-0.25, -0.2) is 0 Å². The molecule has 0 amide bonds. The van der Waals surface area contributed by atoms with Gasteiger partial charge < -0.3 is 0 Å². The van der Waals surface area contributed by atoms with Crippen LogP contribution >= 0.6 is 10.8 Å². The van der Waals surface area contributed by atoms with Gasteiger partial charge in [0, 0.05) is 5.75 Å². The summed E-state index contributed by atoms with van der Waals surface area (Å²) in [7, 11) is 2.87. The van der Waals surface area contributed by atoms with E-state index in [4.69, 9.17) is 0 Å². The standard InChI is InChI=1S/C5H11S2/c1-7-5-3-2-4-6-7/h2-5H2,1H3/q+1. The third kappa shape index (κ3) is 1.96. The molecule has 0 aromatic heterocycles. The summed E-state index contributed by atoms with van der Waals surface area (Å²) in [5.41, 5.74) is 0. The Morgan fingerprint density at radius 2 is 2.29 bits per heavy atom. The summed E-state index contributed by atoms with van der Waals surface area (Å²) >= 11 is 0. The SMILES string of the molecule is C[S+]1CCCCS1. The summed E-state index contributed by atoms with van der Waals surface area (Å²) in [6.07, 6.45) is 5.29. The van der Waals surface area contributed by atoms with E-state index < -0.39 is 0 Å². The fourth-order valence-electron chi connectivity index (χ4n) is 0.667. The topological polar surface area (TPSA) is 0 Å². The van der Waals surface area contributed by atoms with Crippen molar-refractivity contribution in [3.8, 4) is 0 Å². The molecule has 0 aromatic rings. The zero-order chi connectivity index (χ0) is 5.11. The van der Waals surface area contributed by atoms with E-state index in [9.17, 15) is 0 Å². The average molecular weight is 135 g/mol. The van der Waals surface area contributed by atoms with Gasteiger partial charge in [0.25, 0.3) is 0 Å². The molecule has 1 heterocycles. The molecule has 0 N–H and O–H groups in total. The van der Waals surface area contributed by atoms with E-state index in [0.29, 0.717) is 0 Å². The van der Waals surface area contributed by atoms with Crippen molar-refractivity contribution >= 4 is 20.7 Å². The van der Waals surface area contributed by atoms with Crippen molar-refractivity contribution in [2.75, 3.05) is 17.8 Å². The lowest BCUT2D eigenvalue weighted by molar-refractivity contribution is 0.902. The van der Waals surface area contributed by atoms with Gasteiger partial charge in [-0.1, -0.05) is 0 Å². The number of hydrogen-bond donors (Lipinski definition) is 0. The van der Waals surface area contributed by atoms with Crippen molar-refractivity contribution in [3.05, 3.63) is 0 Å². The molecule has 0 aliphatic carbocycles. The predicted octanol–water partition coefficient (Wildman–Crippen LogP) is 1.68. The third-order valence-corrected chi connectivity index (χ3v) is 5.04. The average Bonchev–Trinajstić information content (AvgIpc) is 1.69. The summed E-state index contributed by atoms with van der Waals surface area (Å²) in [6, 6.07) is 0. The molecule has 0 spiro atoms. The fraction of sp³-hybridized carbons (Fsp3) is 1.00. The Bertz CT molecular complexity index is 48.0. The van der Waals surface area contributed by atoms with E-state index in [-0.39, 0.29) is 0 Å². The van der Waals surface area contributed by atoms with Crippen LogP contribution in [0.1, 0.15) is 12.8 Å². The minimum atomic E-state index is 0.726. The molecule has 0 nitrogen and oxygen atoms in total. The highest BCUT2D eigenvalue weighted by Crippen LogP contribution is 2.22. The van der Waals surface area contributed by atoms with E-state index >= 15 is 0 Å². The fourth-order valence-corrected chi connectivity index (χ4v) is 3.92. The van der Waals surface area contributed by atoms with Gasteiger partial charge in [-0.3, -0.25) is 0 Å². The number of hydrogen-bond acceptors (Lipinski definition) is 1. The summed E-state index contributed by atoms with van der Waals surface area (Å²) < 4.78 is 0. The molecule has 0 bridgehead atoms. The molecule has 1 saturated heterocycles. The highest BCUT2D eigenvalue weighted by molar-refractivity contribution is 8.74. The normalized spacial score (nSPS) is 33.0. The van der Waals surface area contributed by atoms with Crippen LogP contribution < -0.4 is 0 Å². The van der Waals surface area contributed by atoms with Crippen LogP contribution in [0.4, 0.5) is 0 Å². The van der Waals surface area contributed by atoms with Crippen LogP contribution in [-0.4, -0.2) is 17.8 Å². The minimum absolute atomic E-state index is 0.726. The van der Waals surface area contributed by atoms with E-state index in [2.05, 4.69) is 17.0 Å². The van der Waals surface area contributed by atoms with Crippen LogP contribution in [0.15, 0.2) is 0 Å². The molecule has 0 radical (unpaired) electrons. The van der Waals surface area contributed by atoms with Gasteiger partial charge in [0.1, 0.15) is 12.0 Å². The largest absolute Gasteiger partial charge is 0.120 e. The van der Waals surface area contributed by atoms with Crippen molar-refractivity contribution in [2.45, 2.75) is 12.8 Å². The van der Waals surface area contributed by atoms with Crippen LogP contribution in [0.3, 0.4) is 0 Å². The van der Waals surface area contributed by atoms with Crippen LogP contribution in [0.5, 0.6) is 0 Å². The molecule has 7 heavy (non-hydrogen) atoms. The van der Waals surface area contributed by atoms with Crippen molar-refractivity contribution in [1.82, 2.24) is 0 Å². The van der Waals surface area contributed by atoms with Crippen molar-refractivity contribution in [1.29, 1.82) is 0 Å². The van der Waals surface area contributed by atoms with Gasteiger partial charge in [0.15, 0.2) is 0 Å². The summed E-state index contributed by atoms with van der Waals surface area (Å²) in [6.45, 7) is 0. The maximum atomic E-state index is 2.35. The Morgan fingerprint density at radius 1 is 1.43 bits per heavy atom. The van der Waals surface area contributed by atoms with E-state index in [1.807, 2.05) is 0 Å². The smallest absolute Gasteiger partial charge is 0.0352 e. The quantitative estimate of drug-likeness (QED) is 0.360. The second kappa shape index (κ2) is 2.88. The van der Waals surface area contributed by atoms with Crippen molar-refractivity contribution in [2.24, 2.45) is 0 Å². The maximum absolute atomic E-state index is 2.35. The first-order valence-electron chi connectivity index (χ1n) is 2.65. The zero-order valence-corrected chi connectivity index (χ0v) is 6.28. The Morgan fingerprint density at radius 3 is 2.57 bits per heavy atom. The van der Waals surface area contributed by atoms with E-state index in [1.54, 1.807) is 0 Å². The number of rotatable bonds is 0. The Hall–Kier alpha value is 0.700. The second-order valence-corrected chi connectivity index (χ2v) is 6.42. The maximum Gasteiger partial charge on any atom is 0.120 e. The van der Waals surface area contributed by atoms with Gasteiger partial charge in [-0.05, 0) is 12.8 Å². The van der Waals surface area contributed by atoms with Crippen molar-refractivity contribution < 1.29 is 0 Å². The first-order chi connectivity index (χ1) is 3.39. The first kappa shape index (κ1) is 5.83. The van der Waals surface area contributed by atoms with Gasteiger partial charge in [-0.15, -0.1) is 0 Å².